The van der Waals surface area contributed by atoms with E-state index >= 15 is 0 Å². The predicted octanol–water partition coefficient (Wildman–Crippen LogP) is 5.33. The number of para-hydroxylation sites is 1. The molecule has 0 bridgehead atoms. The number of carbonyl (C=O) groups excluding carboxylic acids is 2. The summed E-state index contributed by atoms with van der Waals surface area (Å²) in [5, 5.41) is 5.38. The third kappa shape index (κ3) is 8.54. The molecule has 3 atom stereocenters. The highest BCUT2D eigenvalue weighted by Crippen LogP contribution is 2.51. The topological polar surface area (TPSA) is 105 Å². The first-order valence-electron chi connectivity index (χ1n) is 13.5. The van der Waals surface area contributed by atoms with Crippen molar-refractivity contribution in [2.75, 3.05) is 14.2 Å². The first-order valence-corrected chi connectivity index (χ1v) is 15.4. The van der Waals surface area contributed by atoms with Gasteiger partial charge in [-0.05, 0) is 46.6 Å². The Labute approximate surface area is 237 Å². The van der Waals surface area contributed by atoms with Gasteiger partial charge in [0, 0.05) is 13.5 Å². The Hall–Kier alpha value is -3.41. The normalized spacial score (nSPS) is 14.4. The van der Waals surface area contributed by atoms with Crippen molar-refractivity contribution in [2.24, 2.45) is 5.41 Å². The highest BCUT2D eigenvalue weighted by Gasteiger charge is 2.40. The summed E-state index contributed by atoms with van der Waals surface area (Å²) in [6.45, 7) is 5.53. The van der Waals surface area contributed by atoms with E-state index in [2.05, 4.69) is 10.6 Å². The van der Waals surface area contributed by atoms with Gasteiger partial charge in [-0.1, -0.05) is 93.6 Å². The first-order chi connectivity index (χ1) is 18.9. The van der Waals surface area contributed by atoms with E-state index in [1.807, 2.05) is 99.6 Å². The van der Waals surface area contributed by atoms with E-state index in [4.69, 9.17) is 4.74 Å². The molecular formula is C32H41N2O5P. The van der Waals surface area contributed by atoms with E-state index < -0.39 is 30.4 Å². The van der Waals surface area contributed by atoms with Gasteiger partial charge in [0.2, 0.25) is 19.2 Å². The number of ether oxygens (including phenoxy) is 1. The van der Waals surface area contributed by atoms with Crippen molar-refractivity contribution in [3.8, 4) is 5.75 Å². The van der Waals surface area contributed by atoms with Gasteiger partial charge in [-0.15, -0.1) is 0 Å². The fraction of sp³-hybridized carbons (Fsp3) is 0.375. The molecule has 2 unspecified atom stereocenters. The van der Waals surface area contributed by atoms with Crippen LogP contribution >= 0.6 is 7.37 Å². The van der Waals surface area contributed by atoms with Gasteiger partial charge in [0.25, 0.3) is 0 Å². The largest absolute Gasteiger partial charge is 0.496 e. The molecule has 8 heteroatoms. The fourth-order valence-corrected chi connectivity index (χ4v) is 6.65. The summed E-state index contributed by atoms with van der Waals surface area (Å²) < 4.78 is 19.3. The lowest BCUT2D eigenvalue weighted by molar-refractivity contribution is -0.131. The van der Waals surface area contributed by atoms with E-state index in [1.165, 1.54) is 7.05 Å². The minimum atomic E-state index is -4.02. The van der Waals surface area contributed by atoms with Crippen LogP contribution in [0.15, 0.2) is 78.9 Å². The summed E-state index contributed by atoms with van der Waals surface area (Å²) >= 11 is 0. The molecule has 214 valence electrons. The lowest BCUT2D eigenvalue weighted by Gasteiger charge is -2.32. The molecule has 0 aliphatic carbocycles. The number of likely N-dealkylation sites (N-methyl/N-ethyl adjacent to an activating group) is 1. The Bertz CT molecular complexity index is 1320. The molecule has 0 saturated heterocycles. The summed E-state index contributed by atoms with van der Waals surface area (Å²) in [5.74, 6) is -0.122. The van der Waals surface area contributed by atoms with Gasteiger partial charge < -0.3 is 20.3 Å². The summed E-state index contributed by atoms with van der Waals surface area (Å²) in [4.78, 5) is 37.5. The molecule has 0 heterocycles. The van der Waals surface area contributed by atoms with Gasteiger partial charge in [-0.3, -0.25) is 14.2 Å². The number of hydrogen-bond acceptors (Lipinski definition) is 4. The third-order valence-corrected chi connectivity index (χ3v) is 9.30. The van der Waals surface area contributed by atoms with E-state index in [1.54, 1.807) is 7.11 Å². The van der Waals surface area contributed by atoms with Gasteiger partial charge in [0.1, 0.15) is 17.5 Å². The zero-order valence-electron chi connectivity index (χ0n) is 24.0. The fourth-order valence-electron chi connectivity index (χ4n) is 4.73. The maximum Gasteiger partial charge on any atom is 0.242 e. The van der Waals surface area contributed by atoms with Crippen LogP contribution in [0.3, 0.4) is 0 Å². The zero-order chi connectivity index (χ0) is 29.3. The van der Waals surface area contributed by atoms with Crippen LogP contribution < -0.4 is 15.4 Å². The third-order valence-electron chi connectivity index (χ3n) is 7.02. The van der Waals surface area contributed by atoms with Gasteiger partial charge in [-0.25, -0.2) is 0 Å². The SMILES string of the molecule is CNC(=O)[C@@H](NC(=O)C(CCc1ccccc1)P(=O)(O)Cc1ccc(Cc2ccccc2OC)cc1)C(C)(C)C. The zero-order valence-corrected chi connectivity index (χ0v) is 24.9. The quantitative estimate of drug-likeness (QED) is 0.258. The number of aryl methyl sites for hydroxylation is 1. The molecule has 2 amide bonds. The highest BCUT2D eigenvalue weighted by atomic mass is 31.2. The molecular weight excluding hydrogens is 523 g/mol. The van der Waals surface area contributed by atoms with E-state index in [0.717, 1.165) is 22.4 Å². The molecule has 40 heavy (non-hydrogen) atoms. The van der Waals surface area contributed by atoms with Crippen molar-refractivity contribution in [3.63, 3.8) is 0 Å². The monoisotopic (exact) mass is 564 g/mol. The summed E-state index contributed by atoms with van der Waals surface area (Å²) in [6, 6.07) is 24.1. The van der Waals surface area contributed by atoms with Crippen LogP contribution in [0.5, 0.6) is 5.75 Å². The molecule has 3 aromatic rings. The van der Waals surface area contributed by atoms with Crippen LogP contribution in [0.4, 0.5) is 0 Å². The van der Waals surface area contributed by atoms with Crippen LogP contribution in [0.2, 0.25) is 0 Å². The Kier molecular flexibility index (Phi) is 10.7. The van der Waals surface area contributed by atoms with Crippen molar-refractivity contribution >= 4 is 19.2 Å². The maximum absolute atomic E-state index is 13.9. The second-order valence-corrected chi connectivity index (χ2v) is 13.6. The van der Waals surface area contributed by atoms with Crippen LogP contribution in [0.1, 0.15) is 49.4 Å². The standard InChI is InChI=1S/C32H41N2O5P/c1-32(2,3)29(31(36)33-4)34-30(35)28(20-19-23-11-7-6-8-12-23)40(37,38)22-25-17-15-24(16-18-25)21-26-13-9-10-14-27(26)39-5/h6-18,28-29H,19-22H2,1-5H3,(H,33,36)(H,34,35)(H,37,38)/t28?,29-/m1/s1. The Morgan fingerprint density at radius 3 is 2.08 bits per heavy atom. The lowest BCUT2D eigenvalue weighted by Crippen LogP contribution is -2.55. The van der Waals surface area contributed by atoms with Crippen molar-refractivity contribution < 1.29 is 23.8 Å². The van der Waals surface area contributed by atoms with Gasteiger partial charge >= 0.3 is 0 Å². The van der Waals surface area contributed by atoms with Crippen LogP contribution in [0.25, 0.3) is 0 Å². The van der Waals surface area contributed by atoms with Crippen LogP contribution in [-0.4, -0.2) is 42.6 Å². The molecule has 0 aliphatic heterocycles. The number of amides is 2. The number of methoxy groups -OCH3 is 1. The van der Waals surface area contributed by atoms with E-state index in [9.17, 15) is 19.0 Å². The molecule has 0 aromatic heterocycles. The van der Waals surface area contributed by atoms with E-state index in [0.29, 0.717) is 18.4 Å². The lowest BCUT2D eigenvalue weighted by atomic mass is 9.86. The number of nitrogens with one attached hydrogen (secondary N) is 2. The van der Waals surface area contributed by atoms with E-state index in [-0.39, 0.29) is 18.5 Å². The Morgan fingerprint density at radius 2 is 1.48 bits per heavy atom. The summed E-state index contributed by atoms with van der Waals surface area (Å²) in [5.41, 5.74) is 1.97. The molecule has 0 aliphatic rings. The van der Waals surface area contributed by atoms with Crippen molar-refractivity contribution in [3.05, 3.63) is 101 Å². The summed E-state index contributed by atoms with van der Waals surface area (Å²) in [6.07, 6.45) is 1.16. The maximum atomic E-state index is 13.9. The summed E-state index contributed by atoms with van der Waals surface area (Å²) in [7, 11) is -0.872. The predicted molar refractivity (Wildman–Crippen MR) is 160 cm³/mol. The van der Waals surface area contributed by atoms with Gasteiger partial charge in [-0.2, -0.15) is 0 Å². The van der Waals surface area contributed by atoms with Crippen LogP contribution in [-0.2, 0) is 33.2 Å². The molecule has 0 radical (unpaired) electrons. The molecule has 0 saturated carbocycles. The van der Waals surface area contributed by atoms with Gasteiger partial charge in [0.05, 0.1) is 13.3 Å². The number of carbonyl (C=O) groups is 2. The van der Waals surface area contributed by atoms with Crippen molar-refractivity contribution in [1.29, 1.82) is 0 Å². The average molecular weight is 565 g/mol. The number of rotatable bonds is 12. The smallest absolute Gasteiger partial charge is 0.242 e. The second kappa shape index (κ2) is 13.8. The molecule has 0 fully saturated rings. The molecule has 7 nitrogen and oxygen atoms in total. The molecule has 3 aromatic carbocycles. The van der Waals surface area contributed by atoms with Crippen molar-refractivity contribution in [1.82, 2.24) is 10.6 Å². The second-order valence-electron chi connectivity index (χ2n) is 11.2. The van der Waals surface area contributed by atoms with Crippen molar-refractivity contribution in [2.45, 2.75) is 57.9 Å². The Balaban J connectivity index is 1.82. The Morgan fingerprint density at radius 1 is 0.875 bits per heavy atom. The highest BCUT2D eigenvalue weighted by molar-refractivity contribution is 7.59. The molecule has 3 rings (SSSR count). The molecule has 0 spiro atoms. The number of hydrogen-bond donors (Lipinski definition) is 3. The minimum Gasteiger partial charge on any atom is -0.496 e. The number of benzene rings is 3. The minimum absolute atomic E-state index is 0.144. The average Bonchev–Trinajstić information content (AvgIpc) is 2.92. The van der Waals surface area contributed by atoms with Gasteiger partial charge in [0.15, 0.2) is 0 Å². The van der Waals surface area contributed by atoms with Crippen LogP contribution in [0, 0.1) is 5.41 Å². The first kappa shape index (κ1) is 31.1. The molecule has 3 N–H and O–H groups in total.